The van der Waals surface area contributed by atoms with Crippen LogP contribution in [-0.4, -0.2) is 34.9 Å². The van der Waals surface area contributed by atoms with Crippen LogP contribution in [0.5, 0.6) is 5.75 Å². The Morgan fingerprint density at radius 2 is 2.13 bits per heavy atom. The third-order valence-corrected chi connectivity index (χ3v) is 6.50. The van der Waals surface area contributed by atoms with Crippen LogP contribution in [0.3, 0.4) is 0 Å². The average Bonchev–Trinajstić information content (AvgIpc) is 3.35. The predicted molar refractivity (Wildman–Crippen MR) is 88.5 cm³/mol. The molecule has 1 N–H and O–H groups in total. The first-order valence-electron chi connectivity index (χ1n) is 8.97. The molecule has 2 bridgehead atoms. The van der Waals surface area contributed by atoms with Gasteiger partial charge in [-0.05, 0) is 79.5 Å². The second-order valence-corrected chi connectivity index (χ2v) is 7.90. The molecule has 0 amide bonds. The van der Waals surface area contributed by atoms with Crippen molar-refractivity contribution in [3.8, 4) is 5.75 Å². The number of phenols is 1. The number of rotatable bonds is 2. The molecule has 5 rings (SSSR count). The molecule has 1 heterocycles. The highest BCUT2D eigenvalue weighted by molar-refractivity contribution is 5.92. The van der Waals surface area contributed by atoms with Gasteiger partial charge in [0.05, 0.1) is 0 Å². The molecule has 1 saturated carbocycles. The molecule has 1 aliphatic heterocycles. The van der Waals surface area contributed by atoms with Crippen LogP contribution < -0.4 is 0 Å². The van der Waals surface area contributed by atoms with E-state index in [9.17, 15) is 9.90 Å². The first-order chi connectivity index (χ1) is 11.2. The quantitative estimate of drug-likeness (QED) is 0.913. The smallest absolute Gasteiger partial charge is 0.155 e. The number of aromatic hydroxyl groups is 1. The van der Waals surface area contributed by atoms with Gasteiger partial charge in [0.15, 0.2) is 5.78 Å². The second kappa shape index (κ2) is 4.70. The summed E-state index contributed by atoms with van der Waals surface area (Å²) in [5.41, 5.74) is 4.02. The summed E-state index contributed by atoms with van der Waals surface area (Å²) >= 11 is 0. The third-order valence-electron chi connectivity index (χ3n) is 6.50. The molecule has 1 aromatic rings. The number of nitrogens with zero attached hydrogens (tertiary/aromatic N) is 1. The highest BCUT2D eigenvalue weighted by Gasteiger charge is 2.51. The minimum atomic E-state index is 0.00491. The van der Waals surface area contributed by atoms with Crippen molar-refractivity contribution in [2.45, 2.75) is 50.0 Å². The topological polar surface area (TPSA) is 40.5 Å². The fourth-order valence-electron chi connectivity index (χ4n) is 5.15. The zero-order valence-corrected chi connectivity index (χ0v) is 13.4. The minimum Gasteiger partial charge on any atom is -0.508 e. The Bertz CT molecular complexity index is 718. The van der Waals surface area contributed by atoms with Crippen LogP contribution in [-0.2, 0) is 16.6 Å². The number of likely N-dealkylation sites (tertiary alicyclic amines) is 1. The number of ketones is 1. The third kappa shape index (κ3) is 2.02. The number of piperidine rings is 1. The number of hydrogen-bond acceptors (Lipinski definition) is 3. The van der Waals surface area contributed by atoms with E-state index in [1.165, 1.54) is 36.1 Å². The zero-order chi connectivity index (χ0) is 15.6. The van der Waals surface area contributed by atoms with Crippen LogP contribution in [0.1, 0.15) is 43.2 Å². The molecule has 1 aromatic carbocycles. The lowest BCUT2D eigenvalue weighted by Gasteiger charge is -2.55. The number of fused-ring (bicyclic) bond motifs is 1. The van der Waals surface area contributed by atoms with E-state index in [0.29, 0.717) is 18.2 Å². The Morgan fingerprint density at radius 1 is 1.26 bits per heavy atom. The van der Waals surface area contributed by atoms with E-state index >= 15 is 0 Å². The van der Waals surface area contributed by atoms with E-state index < -0.39 is 0 Å². The molecular formula is C20H23NO2. The fourth-order valence-corrected chi connectivity index (χ4v) is 5.15. The maximum absolute atomic E-state index is 12.1. The van der Waals surface area contributed by atoms with Gasteiger partial charge < -0.3 is 5.11 Å². The van der Waals surface area contributed by atoms with Gasteiger partial charge in [-0.3, -0.25) is 9.69 Å². The van der Waals surface area contributed by atoms with Crippen LogP contribution in [0.15, 0.2) is 29.8 Å². The standard InChI is InChI=1S/C20H23NO2/c22-15-4-3-14-9-19-18-11-16(23)5-6-20(18,17(14)10-15)7-8-21(19)12-13-1-2-13/h3-4,10-11,13,19,22H,1-2,5-9,12H2. The molecule has 0 spiro atoms. The number of carbonyl (C=O) groups excluding carboxylic acids is 1. The second-order valence-electron chi connectivity index (χ2n) is 7.90. The lowest BCUT2D eigenvalue weighted by molar-refractivity contribution is -0.115. The molecule has 0 radical (unpaired) electrons. The Morgan fingerprint density at radius 3 is 2.96 bits per heavy atom. The van der Waals surface area contributed by atoms with Crippen molar-refractivity contribution in [3.63, 3.8) is 0 Å². The summed E-state index contributed by atoms with van der Waals surface area (Å²) in [6.45, 7) is 2.32. The van der Waals surface area contributed by atoms with Gasteiger partial charge in [-0.25, -0.2) is 0 Å². The molecule has 4 aliphatic rings. The van der Waals surface area contributed by atoms with Crippen LogP contribution >= 0.6 is 0 Å². The average molecular weight is 309 g/mol. The van der Waals surface area contributed by atoms with Crippen molar-refractivity contribution in [3.05, 3.63) is 41.0 Å². The van der Waals surface area contributed by atoms with E-state index in [-0.39, 0.29) is 11.2 Å². The summed E-state index contributed by atoms with van der Waals surface area (Å²) in [7, 11) is 0. The van der Waals surface area contributed by atoms with Gasteiger partial charge in [0.1, 0.15) is 5.75 Å². The largest absolute Gasteiger partial charge is 0.508 e. The molecular weight excluding hydrogens is 286 g/mol. The van der Waals surface area contributed by atoms with Gasteiger partial charge in [-0.15, -0.1) is 0 Å². The minimum absolute atomic E-state index is 0.00491. The molecule has 2 fully saturated rings. The Hall–Kier alpha value is -1.61. The van der Waals surface area contributed by atoms with Gasteiger partial charge >= 0.3 is 0 Å². The van der Waals surface area contributed by atoms with Gasteiger partial charge in [0.25, 0.3) is 0 Å². The summed E-state index contributed by atoms with van der Waals surface area (Å²) in [5, 5.41) is 10.0. The van der Waals surface area contributed by atoms with Crippen LogP contribution in [0.2, 0.25) is 0 Å². The summed E-state index contributed by atoms with van der Waals surface area (Å²) in [6.07, 6.45) is 8.35. The number of benzene rings is 1. The van der Waals surface area contributed by atoms with Gasteiger partial charge in [-0.2, -0.15) is 0 Å². The summed E-state index contributed by atoms with van der Waals surface area (Å²) < 4.78 is 0. The van der Waals surface area contributed by atoms with E-state index in [1.807, 2.05) is 18.2 Å². The Labute approximate surface area is 137 Å². The van der Waals surface area contributed by atoms with E-state index in [1.54, 1.807) is 0 Å². The molecule has 3 heteroatoms. The fraction of sp³-hybridized carbons (Fsp3) is 0.550. The lowest BCUT2D eigenvalue weighted by atomic mass is 9.56. The molecule has 2 unspecified atom stereocenters. The van der Waals surface area contributed by atoms with Gasteiger partial charge in [0, 0.05) is 24.4 Å². The summed E-state index contributed by atoms with van der Waals surface area (Å²) in [5.74, 6) is 1.52. The number of allylic oxidation sites excluding steroid dienone is 1. The number of phenolic OH excluding ortho intramolecular Hbond substituents is 1. The Balaban J connectivity index is 1.65. The van der Waals surface area contributed by atoms with E-state index in [2.05, 4.69) is 11.0 Å². The highest BCUT2D eigenvalue weighted by Crippen LogP contribution is 2.54. The van der Waals surface area contributed by atoms with Crippen molar-refractivity contribution < 1.29 is 9.90 Å². The zero-order valence-electron chi connectivity index (χ0n) is 13.4. The highest BCUT2D eigenvalue weighted by atomic mass is 16.3. The number of hydrogen-bond donors (Lipinski definition) is 1. The normalized spacial score (nSPS) is 33.0. The van der Waals surface area contributed by atoms with Crippen molar-refractivity contribution in [1.29, 1.82) is 0 Å². The predicted octanol–water partition coefficient (Wildman–Crippen LogP) is 2.96. The molecule has 2 atom stereocenters. The lowest BCUT2D eigenvalue weighted by Crippen LogP contribution is -2.56. The van der Waals surface area contributed by atoms with Crippen LogP contribution in [0.4, 0.5) is 0 Å². The molecule has 3 nitrogen and oxygen atoms in total. The molecule has 1 saturated heterocycles. The maximum Gasteiger partial charge on any atom is 0.155 e. The van der Waals surface area contributed by atoms with Crippen LogP contribution in [0.25, 0.3) is 0 Å². The SMILES string of the molecule is O=C1C=C2C3Cc4ccc(O)cc4C2(CC1)CCN3CC1CC1. The van der Waals surface area contributed by atoms with Crippen LogP contribution in [0, 0.1) is 5.92 Å². The number of carbonyl (C=O) groups is 1. The summed E-state index contributed by atoms with van der Waals surface area (Å²) in [4.78, 5) is 14.8. The molecule has 23 heavy (non-hydrogen) atoms. The van der Waals surface area contributed by atoms with Crippen molar-refractivity contribution in [2.24, 2.45) is 5.92 Å². The first-order valence-corrected chi connectivity index (χ1v) is 8.97. The van der Waals surface area contributed by atoms with Crippen molar-refractivity contribution in [1.82, 2.24) is 4.90 Å². The summed E-state index contributed by atoms with van der Waals surface area (Å²) in [6, 6.07) is 6.28. The van der Waals surface area contributed by atoms with E-state index in [0.717, 1.165) is 31.7 Å². The van der Waals surface area contributed by atoms with E-state index in [4.69, 9.17) is 0 Å². The van der Waals surface area contributed by atoms with Gasteiger partial charge in [0.2, 0.25) is 0 Å². The first kappa shape index (κ1) is 13.8. The molecule has 3 aliphatic carbocycles. The molecule has 120 valence electrons. The molecule has 0 aromatic heterocycles. The van der Waals surface area contributed by atoms with Gasteiger partial charge in [-0.1, -0.05) is 6.07 Å². The van der Waals surface area contributed by atoms with Crippen molar-refractivity contribution in [2.75, 3.05) is 13.1 Å². The Kier molecular flexibility index (Phi) is 2.82. The monoisotopic (exact) mass is 309 g/mol. The maximum atomic E-state index is 12.1. The van der Waals surface area contributed by atoms with Crippen molar-refractivity contribution >= 4 is 5.78 Å².